The summed E-state index contributed by atoms with van der Waals surface area (Å²) in [5.74, 6) is 0.235. The van der Waals surface area contributed by atoms with E-state index in [1.807, 2.05) is 0 Å². The third kappa shape index (κ3) is 5.11. The smallest absolute Gasteiger partial charge is 0.329 e. The maximum absolute atomic E-state index is 11.3. The molecule has 1 fully saturated rings. The van der Waals surface area contributed by atoms with Crippen LogP contribution < -0.4 is 10.6 Å². The normalized spacial score (nSPS) is 16.6. The van der Waals surface area contributed by atoms with Gasteiger partial charge in [-0.1, -0.05) is 12.8 Å². The molecule has 5 heteroatoms. The summed E-state index contributed by atoms with van der Waals surface area (Å²) in [6.07, 6.45) is 3.80. The Hall–Kier alpha value is -1.10. The maximum atomic E-state index is 11.3. The zero-order chi connectivity index (χ0) is 12.0. The van der Waals surface area contributed by atoms with Crippen LogP contribution in [0.15, 0.2) is 0 Å². The van der Waals surface area contributed by atoms with Crippen molar-refractivity contribution in [2.75, 3.05) is 20.2 Å². The van der Waals surface area contributed by atoms with E-state index in [1.165, 1.54) is 26.9 Å². The average Bonchev–Trinajstić information content (AvgIpc) is 3.04. The minimum Gasteiger partial charge on any atom is -0.467 e. The number of methoxy groups -OCH3 is 1. The second kappa shape index (κ2) is 6.48. The van der Waals surface area contributed by atoms with Gasteiger partial charge in [-0.15, -0.1) is 0 Å². The van der Waals surface area contributed by atoms with Gasteiger partial charge in [0.05, 0.1) is 7.11 Å². The van der Waals surface area contributed by atoms with Crippen LogP contribution in [0.1, 0.15) is 26.2 Å². The fourth-order valence-electron chi connectivity index (χ4n) is 1.54. The first kappa shape index (κ1) is 13.0. The first-order valence-electron chi connectivity index (χ1n) is 5.69. The summed E-state index contributed by atoms with van der Waals surface area (Å²) in [5.41, 5.74) is 0. The second-order valence-electron chi connectivity index (χ2n) is 4.21. The van der Waals surface area contributed by atoms with Gasteiger partial charge in [0.15, 0.2) is 0 Å². The van der Waals surface area contributed by atoms with Gasteiger partial charge in [0, 0.05) is 13.5 Å². The largest absolute Gasteiger partial charge is 0.467 e. The van der Waals surface area contributed by atoms with Crippen LogP contribution in [0.3, 0.4) is 0 Å². The first-order valence-corrected chi connectivity index (χ1v) is 5.69. The van der Waals surface area contributed by atoms with Crippen molar-refractivity contribution in [3.8, 4) is 0 Å². The van der Waals surface area contributed by atoms with Crippen molar-refractivity contribution >= 4 is 11.9 Å². The Kier molecular flexibility index (Phi) is 5.25. The Labute approximate surface area is 95.9 Å². The van der Waals surface area contributed by atoms with Gasteiger partial charge in [-0.2, -0.15) is 0 Å². The van der Waals surface area contributed by atoms with E-state index in [2.05, 4.69) is 15.4 Å². The molecule has 1 aliphatic rings. The number of nitrogens with one attached hydrogen (secondary N) is 2. The van der Waals surface area contributed by atoms with Gasteiger partial charge in [-0.3, -0.25) is 4.79 Å². The lowest BCUT2D eigenvalue weighted by molar-refractivity contribution is -0.144. The molecule has 0 aliphatic heterocycles. The molecule has 1 amide bonds. The summed E-state index contributed by atoms with van der Waals surface area (Å²) in [7, 11) is 1.32. The lowest BCUT2D eigenvalue weighted by Gasteiger charge is -2.15. The zero-order valence-corrected chi connectivity index (χ0v) is 9.91. The van der Waals surface area contributed by atoms with Crippen molar-refractivity contribution in [3.05, 3.63) is 0 Å². The number of carbonyl (C=O) groups excluding carboxylic acids is 2. The van der Waals surface area contributed by atoms with Gasteiger partial charge in [0.25, 0.3) is 0 Å². The molecule has 0 heterocycles. The highest BCUT2D eigenvalue weighted by Gasteiger charge is 2.22. The molecule has 0 aromatic rings. The van der Waals surface area contributed by atoms with Crippen LogP contribution in [0, 0.1) is 5.92 Å². The summed E-state index contributed by atoms with van der Waals surface area (Å²) in [6, 6.07) is -0.582. The number of hydrogen-bond donors (Lipinski definition) is 2. The van der Waals surface area contributed by atoms with Gasteiger partial charge in [0.2, 0.25) is 5.91 Å². The van der Waals surface area contributed by atoms with Crippen LogP contribution in [0.4, 0.5) is 0 Å². The van der Waals surface area contributed by atoms with Crippen LogP contribution in [0.5, 0.6) is 0 Å². The van der Waals surface area contributed by atoms with Crippen LogP contribution in [-0.2, 0) is 14.3 Å². The summed E-state index contributed by atoms with van der Waals surface area (Å²) >= 11 is 0. The second-order valence-corrected chi connectivity index (χ2v) is 4.21. The third-order valence-corrected chi connectivity index (χ3v) is 2.64. The van der Waals surface area contributed by atoms with Crippen LogP contribution in [0.2, 0.25) is 0 Å². The minimum atomic E-state index is -0.582. The molecule has 0 spiro atoms. The molecule has 0 saturated heterocycles. The van der Waals surface area contributed by atoms with Crippen molar-refractivity contribution in [1.82, 2.24) is 10.6 Å². The Bertz CT molecular complexity index is 252. The van der Waals surface area contributed by atoms with E-state index in [0.29, 0.717) is 6.54 Å². The topological polar surface area (TPSA) is 67.4 Å². The van der Waals surface area contributed by atoms with E-state index in [4.69, 9.17) is 0 Å². The van der Waals surface area contributed by atoms with Crippen molar-refractivity contribution in [2.45, 2.75) is 32.2 Å². The minimum absolute atomic E-state index is 0.223. The lowest BCUT2D eigenvalue weighted by atomic mass is 10.2. The number of hydrogen-bond acceptors (Lipinski definition) is 4. The quantitative estimate of drug-likeness (QED) is 0.477. The highest BCUT2D eigenvalue weighted by Crippen LogP contribution is 2.31. The van der Waals surface area contributed by atoms with Gasteiger partial charge >= 0.3 is 5.97 Å². The standard InChI is InChI=1S/C11H20N2O3/c1-8(14)13-10(11(15)16-2)7-12-6-5-9-3-4-9/h9-10,12H,3-7H2,1-2H3,(H,13,14). The predicted octanol–water partition coefficient (Wildman–Crippen LogP) is 0.0538. The Morgan fingerprint density at radius 2 is 2.12 bits per heavy atom. The van der Waals surface area contributed by atoms with Gasteiger partial charge in [-0.05, 0) is 18.9 Å². The Morgan fingerprint density at radius 3 is 2.62 bits per heavy atom. The van der Waals surface area contributed by atoms with Crippen molar-refractivity contribution in [1.29, 1.82) is 0 Å². The molecule has 1 aliphatic carbocycles. The summed E-state index contributed by atoms with van der Waals surface area (Å²) in [4.78, 5) is 22.2. The molecule has 0 radical (unpaired) electrons. The SMILES string of the molecule is COC(=O)C(CNCCC1CC1)NC(C)=O. The van der Waals surface area contributed by atoms with Gasteiger partial charge < -0.3 is 15.4 Å². The Balaban J connectivity index is 2.19. The van der Waals surface area contributed by atoms with E-state index in [-0.39, 0.29) is 5.91 Å². The highest BCUT2D eigenvalue weighted by atomic mass is 16.5. The average molecular weight is 228 g/mol. The van der Waals surface area contributed by atoms with Gasteiger partial charge in [-0.25, -0.2) is 4.79 Å². The zero-order valence-electron chi connectivity index (χ0n) is 9.91. The van der Waals surface area contributed by atoms with Crippen LogP contribution in [-0.4, -0.2) is 38.1 Å². The molecule has 92 valence electrons. The molecule has 1 atom stereocenters. The first-order chi connectivity index (χ1) is 7.63. The van der Waals surface area contributed by atoms with E-state index in [1.54, 1.807) is 0 Å². The highest BCUT2D eigenvalue weighted by molar-refractivity contribution is 5.83. The molecule has 5 nitrogen and oxygen atoms in total. The maximum Gasteiger partial charge on any atom is 0.329 e. The number of carbonyl (C=O) groups is 2. The van der Waals surface area contributed by atoms with Crippen molar-refractivity contribution in [2.24, 2.45) is 5.92 Å². The van der Waals surface area contributed by atoms with Crippen LogP contribution in [0.25, 0.3) is 0 Å². The molecule has 1 saturated carbocycles. The van der Waals surface area contributed by atoms with Crippen LogP contribution >= 0.6 is 0 Å². The molecule has 1 unspecified atom stereocenters. The van der Waals surface area contributed by atoms with E-state index < -0.39 is 12.0 Å². The van der Waals surface area contributed by atoms with Crippen molar-refractivity contribution < 1.29 is 14.3 Å². The summed E-state index contributed by atoms with van der Waals surface area (Å²) in [5, 5.41) is 5.72. The van der Waals surface area contributed by atoms with E-state index >= 15 is 0 Å². The van der Waals surface area contributed by atoms with Gasteiger partial charge in [0.1, 0.15) is 6.04 Å². The van der Waals surface area contributed by atoms with E-state index in [0.717, 1.165) is 18.9 Å². The predicted molar refractivity (Wildman–Crippen MR) is 59.8 cm³/mol. The third-order valence-electron chi connectivity index (χ3n) is 2.64. The molecular weight excluding hydrogens is 208 g/mol. The Morgan fingerprint density at radius 1 is 1.44 bits per heavy atom. The number of rotatable bonds is 7. The molecule has 0 aromatic heterocycles. The molecule has 2 N–H and O–H groups in total. The monoisotopic (exact) mass is 228 g/mol. The van der Waals surface area contributed by atoms with Crippen molar-refractivity contribution in [3.63, 3.8) is 0 Å². The number of amides is 1. The lowest BCUT2D eigenvalue weighted by Crippen LogP contribution is -2.47. The molecular formula is C11H20N2O3. The molecule has 16 heavy (non-hydrogen) atoms. The number of esters is 1. The molecule has 0 aromatic carbocycles. The number of ether oxygens (including phenoxy) is 1. The summed E-state index contributed by atoms with van der Waals surface area (Å²) in [6.45, 7) is 2.71. The fourth-order valence-corrected chi connectivity index (χ4v) is 1.54. The molecule has 0 bridgehead atoms. The van der Waals surface area contributed by atoms with E-state index in [9.17, 15) is 9.59 Å². The molecule has 1 rings (SSSR count). The fraction of sp³-hybridized carbons (Fsp3) is 0.818. The summed E-state index contributed by atoms with van der Waals surface area (Å²) < 4.78 is 4.61.